The highest BCUT2D eigenvalue weighted by molar-refractivity contribution is 9.10. The Balaban J connectivity index is 1.89. The van der Waals surface area contributed by atoms with E-state index in [-0.39, 0.29) is 5.91 Å². The molecule has 0 bridgehead atoms. The molecule has 0 radical (unpaired) electrons. The van der Waals surface area contributed by atoms with Crippen molar-refractivity contribution in [3.05, 3.63) is 69.8 Å². The summed E-state index contributed by atoms with van der Waals surface area (Å²) in [7, 11) is 0. The molecule has 4 heteroatoms. The summed E-state index contributed by atoms with van der Waals surface area (Å²) in [6.07, 6.45) is 0.316. The highest BCUT2D eigenvalue weighted by Crippen LogP contribution is 2.24. The number of halogens is 1. The zero-order valence-corrected chi connectivity index (χ0v) is 14.6. The van der Waals surface area contributed by atoms with E-state index in [1.807, 2.05) is 55.5 Å². The van der Waals surface area contributed by atoms with Crippen molar-refractivity contribution in [1.82, 2.24) is 4.98 Å². The first-order chi connectivity index (χ1) is 11.1. The number of benzene rings is 2. The third-order valence-electron chi connectivity index (χ3n) is 3.97. The molecule has 0 fully saturated rings. The number of carbonyl (C=O) groups is 1. The number of amides is 1. The molecular weight excluding hydrogens is 352 g/mol. The molecule has 0 saturated heterocycles. The standard InChI is InChI=1S/C19H17BrN2O/c1-12-14-7-3-5-9-17(14)21-13(2)15(12)11-19(23)22-18-10-6-4-8-16(18)20/h3-10H,11H2,1-2H3,(H,22,23). The number of rotatable bonds is 3. The van der Waals surface area contributed by atoms with Crippen LogP contribution in [0.15, 0.2) is 53.0 Å². The van der Waals surface area contributed by atoms with Gasteiger partial charge in [-0.15, -0.1) is 0 Å². The summed E-state index contributed by atoms with van der Waals surface area (Å²) in [6.45, 7) is 4.01. The van der Waals surface area contributed by atoms with Crippen LogP contribution in [0.1, 0.15) is 16.8 Å². The first-order valence-electron chi connectivity index (χ1n) is 7.45. The molecule has 1 heterocycles. The summed E-state index contributed by atoms with van der Waals surface area (Å²) in [6, 6.07) is 15.6. The van der Waals surface area contributed by atoms with E-state index in [0.29, 0.717) is 6.42 Å². The van der Waals surface area contributed by atoms with E-state index in [4.69, 9.17) is 0 Å². The fourth-order valence-electron chi connectivity index (χ4n) is 2.75. The molecule has 1 N–H and O–H groups in total. The van der Waals surface area contributed by atoms with Crippen LogP contribution in [0.2, 0.25) is 0 Å². The van der Waals surface area contributed by atoms with Gasteiger partial charge in [0, 0.05) is 15.6 Å². The number of pyridine rings is 1. The van der Waals surface area contributed by atoms with E-state index < -0.39 is 0 Å². The Morgan fingerprint density at radius 3 is 2.57 bits per heavy atom. The third kappa shape index (κ3) is 3.27. The largest absolute Gasteiger partial charge is 0.325 e. The van der Waals surface area contributed by atoms with Gasteiger partial charge in [0.25, 0.3) is 0 Å². The van der Waals surface area contributed by atoms with Gasteiger partial charge in [-0.1, -0.05) is 30.3 Å². The predicted octanol–water partition coefficient (Wildman–Crippen LogP) is 4.80. The fraction of sp³-hybridized carbons (Fsp3) is 0.158. The Morgan fingerprint density at radius 2 is 1.78 bits per heavy atom. The molecule has 23 heavy (non-hydrogen) atoms. The Morgan fingerprint density at radius 1 is 1.09 bits per heavy atom. The lowest BCUT2D eigenvalue weighted by molar-refractivity contribution is -0.115. The van der Waals surface area contributed by atoms with Gasteiger partial charge in [0.15, 0.2) is 0 Å². The van der Waals surface area contributed by atoms with Gasteiger partial charge in [0.2, 0.25) is 5.91 Å². The number of nitrogens with one attached hydrogen (secondary N) is 1. The topological polar surface area (TPSA) is 42.0 Å². The monoisotopic (exact) mass is 368 g/mol. The fourth-order valence-corrected chi connectivity index (χ4v) is 3.13. The molecule has 3 aromatic rings. The minimum absolute atomic E-state index is 0.0415. The maximum atomic E-state index is 12.4. The SMILES string of the molecule is Cc1nc2ccccc2c(C)c1CC(=O)Nc1ccccc1Br. The van der Waals surface area contributed by atoms with E-state index in [1.54, 1.807) is 0 Å². The molecule has 0 unspecified atom stereocenters. The van der Waals surface area contributed by atoms with Gasteiger partial charge in [-0.2, -0.15) is 0 Å². The number of anilines is 1. The maximum absolute atomic E-state index is 12.4. The Kier molecular flexibility index (Phi) is 4.44. The summed E-state index contributed by atoms with van der Waals surface area (Å²) < 4.78 is 0.874. The number of hydrogen-bond acceptors (Lipinski definition) is 2. The summed E-state index contributed by atoms with van der Waals surface area (Å²) in [5.41, 5.74) is 4.77. The highest BCUT2D eigenvalue weighted by atomic mass is 79.9. The van der Waals surface area contributed by atoms with E-state index in [1.165, 1.54) is 0 Å². The van der Waals surface area contributed by atoms with Crippen molar-refractivity contribution in [3.63, 3.8) is 0 Å². The van der Waals surface area contributed by atoms with E-state index in [9.17, 15) is 4.79 Å². The molecule has 3 nitrogen and oxygen atoms in total. The molecule has 2 aromatic carbocycles. The number of para-hydroxylation sites is 2. The van der Waals surface area contributed by atoms with Crippen molar-refractivity contribution in [1.29, 1.82) is 0 Å². The van der Waals surface area contributed by atoms with Gasteiger partial charge in [-0.3, -0.25) is 9.78 Å². The van der Waals surface area contributed by atoms with Crippen LogP contribution in [0.25, 0.3) is 10.9 Å². The van der Waals surface area contributed by atoms with Crippen LogP contribution in [0.3, 0.4) is 0 Å². The van der Waals surface area contributed by atoms with Crippen molar-refractivity contribution in [2.45, 2.75) is 20.3 Å². The zero-order valence-electron chi connectivity index (χ0n) is 13.1. The van der Waals surface area contributed by atoms with Gasteiger partial charge in [-0.25, -0.2) is 0 Å². The highest BCUT2D eigenvalue weighted by Gasteiger charge is 2.13. The summed E-state index contributed by atoms with van der Waals surface area (Å²) in [4.78, 5) is 17.0. The minimum Gasteiger partial charge on any atom is -0.325 e. The second-order valence-corrected chi connectivity index (χ2v) is 6.38. The predicted molar refractivity (Wildman–Crippen MR) is 97.7 cm³/mol. The summed E-state index contributed by atoms with van der Waals surface area (Å²) in [5.74, 6) is -0.0415. The van der Waals surface area contributed by atoms with Crippen molar-refractivity contribution >= 4 is 38.4 Å². The molecule has 1 aromatic heterocycles. The molecule has 0 aliphatic carbocycles. The number of aromatic nitrogens is 1. The second kappa shape index (κ2) is 6.50. The Bertz CT molecular complexity index is 890. The van der Waals surface area contributed by atoms with Gasteiger partial charge in [0.05, 0.1) is 17.6 Å². The molecule has 0 aliphatic rings. The zero-order chi connectivity index (χ0) is 16.4. The van der Waals surface area contributed by atoms with Gasteiger partial charge < -0.3 is 5.32 Å². The molecule has 3 rings (SSSR count). The number of aryl methyl sites for hydroxylation is 2. The quantitative estimate of drug-likeness (QED) is 0.721. The first-order valence-corrected chi connectivity index (χ1v) is 8.25. The van der Waals surface area contributed by atoms with Gasteiger partial charge >= 0.3 is 0 Å². The third-order valence-corrected chi connectivity index (χ3v) is 4.66. The minimum atomic E-state index is -0.0415. The van der Waals surface area contributed by atoms with Crippen molar-refractivity contribution < 1.29 is 4.79 Å². The van der Waals surface area contributed by atoms with Crippen LogP contribution in [-0.2, 0) is 11.2 Å². The number of hydrogen-bond donors (Lipinski definition) is 1. The van der Waals surface area contributed by atoms with Crippen molar-refractivity contribution in [3.8, 4) is 0 Å². The van der Waals surface area contributed by atoms with Crippen molar-refractivity contribution in [2.75, 3.05) is 5.32 Å². The number of carbonyl (C=O) groups excluding carboxylic acids is 1. The van der Waals surface area contributed by atoms with Crippen molar-refractivity contribution in [2.24, 2.45) is 0 Å². The lowest BCUT2D eigenvalue weighted by Crippen LogP contribution is -2.16. The smallest absolute Gasteiger partial charge is 0.228 e. The normalized spacial score (nSPS) is 10.7. The van der Waals surface area contributed by atoms with E-state index in [2.05, 4.69) is 33.2 Å². The molecule has 0 saturated carbocycles. The number of fused-ring (bicyclic) bond motifs is 1. The Labute approximate surface area is 143 Å². The summed E-state index contributed by atoms with van der Waals surface area (Å²) in [5, 5.41) is 4.05. The Hall–Kier alpha value is -2.20. The lowest BCUT2D eigenvalue weighted by Gasteiger charge is -2.13. The van der Waals surface area contributed by atoms with Crippen LogP contribution >= 0.6 is 15.9 Å². The van der Waals surface area contributed by atoms with Crippen LogP contribution in [-0.4, -0.2) is 10.9 Å². The second-order valence-electron chi connectivity index (χ2n) is 5.52. The van der Waals surface area contributed by atoms with Gasteiger partial charge in [0.1, 0.15) is 0 Å². The molecule has 0 aliphatic heterocycles. The van der Waals surface area contributed by atoms with E-state index in [0.717, 1.165) is 37.9 Å². The molecule has 0 atom stereocenters. The van der Waals surface area contributed by atoms with Crippen LogP contribution in [0.4, 0.5) is 5.69 Å². The average molecular weight is 369 g/mol. The molecule has 0 spiro atoms. The average Bonchev–Trinajstić information content (AvgIpc) is 2.54. The molecular formula is C19H17BrN2O. The van der Waals surface area contributed by atoms with Crippen LogP contribution in [0.5, 0.6) is 0 Å². The van der Waals surface area contributed by atoms with Crippen LogP contribution in [0, 0.1) is 13.8 Å². The van der Waals surface area contributed by atoms with E-state index >= 15 is 0 Å². The molecule has 1 amide bonds. The molecule has 116 valence electrons. The first kappa shape index (κ1) is 15.7. The number of nitrogens with zero attached hydrogens (tertiary/aromatic N) is 1. The summed E-state index contributed by atoms with van der Waals surface area (Å²) >= 11 is 3.44. The maximum Gasteiger partial charge on any atom is 0.228 e. The van der Waals surface area contributed by atoms with Gasteiger partial charge in [-0.05, 0) is 59.1 Å². The lowest BCUT2D eigenvalue weighted by atomic mass is 9.99. The van der Waals surface area contributed by atoms with Crippen LogP contribution < -0.4 is 5.32 Å².